The van der Waals surface area contributed by atoms with Crippen molar-refractivity contribution in [3.63, 3.8) is 0 Å². The van der Waals surface area contributed by atoms with Crippen molar-refractivity contribution in [2.24, 2.45) is 0 Å². The predicted molar refractivity (Wildman–Crippen MR) is 119 cm³/mol. The van der Waals surface area contributed by atoms with Gasteiger partial charge in [0.05, 0.1) is 26.5 Å². The number of thiophene rings is 1. The van der Waals surface area contributed by atoms with Crippen LogP contribution >= 0.6 is 11.3 Å². The first-order valence-corrected chi connectivity index (χ1v) is 10.5. The number of benzene rings is 2. The fourth-order valence-electron chi connectivity index (χ4n) is 3.72. The molecule has 3 aromatic rings. The molecule has 0 radical (unpaired) electrons. The minimum Gasteiger partial charge on any atom is -0.497 e. The summed E-state index contributed by atoms with van der Waals surface area (Å²) in [6.07, 6.45) is 1.95. The molecule has 0 aliphatic carbocycles. The molecule has 1 aliphatic rings. The highest BCUT2D eigenvalue weighted by molar-refractivity contribution is 7.10. The molecule has 5 nitrogen and oxygen atoms in total. The normalized spacial score (nSPS) is 17.4. The van der Waals surface area contributed by atoms with Gasteiger partial charge in [-0.2, -0.15) is 0 Å². The molecular formula is C24H23NO4S. The largest absolute Gasteiger partial charge is 0.497 e. The van der Waals surface area contributed by atoms with Crippen molar-refractivity contribution >= 4 is 28.6 Å². The van der Waals surface area contributed by atoms with Crippen LogP contribution in [0.2, 0.25) is 0 Å². The molecular weight excluding hydrogens is 398 g/mol. The molecule has 1 N–H and O–H groups in total. The topological polar surface area (TPSA) is 56.8 Å². The van der Waals surface area contributed by atoms with Crippen molar-refractivity contribution in [1.82, 2.24) is 0 Å². The smallest absolute Gasteiger partial charge is 0.341 e. The first-order valence-electron chi connectivity index (χ1n) is 9.67. The number of ether oxygens (including phenoxy) is 3. The van der Waals surface area contributed by atoms with E-state index in [0.717, 1.165) is 27.3 Å². The Morgan fingerprint density at radius 3 is 2.50 bits per heavy atom. The third kappa shape index (κ3) is 3.33. The van der Waals surface area contributed by atoms with Gasteiger partial charge in [0.25, 0.3) is 0 Å². The van der Waals surface area contributed by atoms with E-state index in [1.807, 2.05) is 73.0 Å². The number of nitrogens with one attached hydrogen (secondary N) is 1. The molecule has 0 bridgehead atoms. The number of rotatable bonds is 6. The Morgan fingerprint density at radius 1 is 1.07 bits per heavy atom. The standard InChI is InChI=1S/C24H23NO4S/c1-4-29-23(26)24(21-11-8-12-30-21)15-18(16-9-6-5-7-10-16)22-19(25-24)13-17(27-2)14-20(22)28-3/h5-15,25H,4H2,1-3H3. The van der Waals surface area contributed by atoms with Crippen molar-refractivity contribution in [3.05, 3.63) is 82.1 Å². The maximum absolute atomic E-state index is 13.3. The van der Waals surface area contributed by atoms with Crippen LogP contribution in [0.15, 0.2) is 66.1 Å². The number of hydrogen-bond acceptors (Lipinski definition) is 6. The van der Waals surface area contributed by atoms with E-state index < -0.39 is 5.54 Å². The Morgan fingerprint density at radius 2 is 1.87 bits per heavy atom. The number of carbonyl (C=O) groups excluding carboxylic acids is 1. The SMILES string of the molecule is CCOC(=O)C1(c2cccs2)C=C(c2ccccc2)c2c(cc(OC)cc2OC)N1. The highest BCUT2D eigenvalue weighted by atomic mass is 32.1. The summed E-state index contributed by atoms with van der Waals surface area (Å²) in [6, 6.07) is 17.6. The average Bonchev–Trinajstić information content (AvgIpc) is 3.33. The highest BCUT2D eigenvalue weighted by Gasteiger charge is 2.45. The van der Waals surface area contributed by atoms with Crippen LogP contribution in [-0.4, -0.2) is 26.8 Å². The lowest BCUT2D eigenvalue weighted by atomic mass is 9.83. The lowest BCUT2D eigenvalue weighted by Crippen LogP contribution is -2.44. The van der Waals surface area contributed by atoms with E-state index in [2.05, 4.69) is 5.32 Å². The van der Waals surface area contributed by atoms with Gasteiger partial charge in [-0.05, 0) is 35.6 Å². The molecule has 2 aromatic carbocycles. The van der Waals surface area contributed by atoms with Gasteiger partial charge in [0.15, 0.2) is 5.54 Å². The summed E-state index contributed by atoms with van der Waals surface area (Å²) in [5.41, 5.74) is 2.34. The van der Waals surface area contributed by atoms with E-state index in [9.17, 15) is 4.79 Å². The molecule has 0 amide bonds. The first kappa shape index (κ1) is 20.0. The van der Waals surface area contributed by atoms with Crippen LogP contribution < -0.4 is 14.8 Å². The van der Waals surface area contributed by atoms with E-state index in [4.69, 9.17) is 14.2 Å². The van der Waals surface area contributed by atoms with Crippen LogP contribution in [-0.2, 0) is 15.1 Å². The van der Waals surface area contributed by atoms with Gasteiger partial charge in [0, 0.05) is 22.6 Å². The highest BCUT2D eigenvalue weighted by Crippen LogP contribution is 2.48. The van der Waals surface area contributed by atoms with Crippen molar-refractivity contribution < 1.29 is 19.0 Å². The number of carbonyl (C=O) groups is 1. The van der Waals surface area contributed by atoms with Gasteiger partial charge in [0.2, 0.25) is 0 Å². The Bertz CT molecular complexity index is 1080. The molecule has 0 saturated heterocycles. The fourth-order valence-corrected chi connectivity index (χ4v) is 4.56. The summed E-state index contributed by atoms with van der Waals surface area (Å²) < 4.78 is 16.7. The first-order chi connectivity index (χ1) is 14.6. The average molecular weight is 422 g/mol. The molecule has 1 atom stereocenters. The Labute approximate surface area is 179 Å². The van der Waals surface area contributed by atoms with E-state index in [1.54, 1.807) is 14.2 Å². The number of methoxy groups -OCH3 is 2. The van der Waals surface area contributed by atoms with Gasteiger partial charge < -0.3 is 19.5 Å². The fraction of sp³-hybridized carbons (Fsp3) is 0.208. The second-order valence-corrected chi connectivity index (χ2v) is 7.75. The molecule has 1 aromatic heterocycles. The monoisotopic (exact) mass is 421 g/mol. The van der Waals surface area contributed by atoms with E-state index >= 15 is 0 Å². The van der Waals surface area contributed by atoms with E-state index in [1.165, 1.54) is 11.3 Å². The van der Waals surface area contributed by atoms with Gasteiger partial charge in [-0.25, -0.2) is 4.79 Å². The van der Waals surface area contributed by atoms with Crippen LogP contribution in [0.4, 0.5) is 5.69 Å². The zero-order valence-corrected chi connectivity index (χ0v) is 17.9. The van der Waals surface area contributed by atoms with Crippen molar-refractivity contribution in [1.29, 1.82) is 0 Å². The Kier molecular flexibility index (Phi) is 5.50. The molecule has 2 heterocycles. The van der Waals surface area contributed by atoms with Crippen LogP contribution in [0.25, 0.3) is 5.57 Å². The van der Waals surface area contributed by atoms with E-state index in [-0.39, 0.29) is 12.6 Å². The van der Waals surface area contributed by atoms with Crippen molar-refractivity contribution in [3.8, 4) is 11.5 Å². The number of fused-ring (bicyclic) bond motifs is 1. The zero-order valence-electron chi connectivity index (χ0n) is 17.1. The Balaban J connectivity index is 2.04. The molecule has 30 heavy (non-hydrogen) atoms. The minimum absolute atomic E-state index is 0.288. The van der Waals surface area contributed by atoms with Gasteiger partial charge in [-0.15, -0.1) is 11.3 Å². The summed E-state index contributed by atoms with van der Waals surface area (Å²) in [7, 11) is 3.24. The third-order valence-electron chi connectivity index (χ3n) is 5.09. The molecule has 1 aliphatic heterocycles. The molecule has 0 fully saturated rings. The van der Waals surface area contributed by atoms with Gasteiger partial charge >= 0.3 is 5.97 Å². The molecule has 154 valence electrons. The van der Waals surface area contributed by atoms with E-state index in [0.29, 0.717) is 11.5 Å². The molecule has 6 heteroatoms. The van der Waals surface area contributed by atoms with Crippen LogP contribution in [0, 0.1) is 0 Å². The van der Waals surface area contributed by atoms with Crippen molar-refractivity contribution in [2.75, 3.05) is 26.1 Å². The van der Waals surface area contributed by atoms with Crippen molar-refractivity contribution in [2.45, 2.75) is 12.5 Å². The minimum atomic E-state index is -1.15. The van der Waals surface area contributed by atoms with Crippen LogP contribution in [0.1, 0.15) is 22.9 Å². The third-order valence-corrected chi connectivity index (χ3v) is 6.09. The summed E-state index contributed by atoms with van der Waals surface area (Å²) >= 11 is 1.50. The summed E-state index contributed by atoms with van der Waals surface area (Å²) in [6.45, 7) is 2.10. The number of esters is 1. The molecule has 0 spiro atoms. The second kappa shape index (κ2) is 8.24. The predicted octanol–water partition coefficient (Wildman–Crippen LogP) is 5.08. The van der Waals surface area contributed by atoms with Gasteiger partial charge in [-0.1, -0.05) is 36.4 Å². The maximum Gasteiger partial charge on any atom is 0.341 e. The number of anilines is 1. The summed E-state index contributed by atoms with van der Waals surface area (Å²) in [5, 5.41) is 5.40. The maximum atomic E-state index is 13.3. The van der Waals surface area contributed by atoms with Gasteiger partial charge in [-0.3, -0.25) is 0 Å². The molecule has 0 saturated carbocycles. The van der Waals surface area contributed by atoms with Crippen LogP contribution in [0.3, 0.4) is 0 Å². The lowest BCUT2D eigenvalue weighted by molar-refractivity contribution is -0.147. The molecule has 4 rings (SSSR count). The van der Waals surface area contributed by atoms with Crippen LogP contribution in [0.5, 0.6) is 11.5 Å². The lowest BCUT2D eigenvalue weighted by Gasteiger charge is -2.36. The zero-order chi connectivity index (χ0) is 21.1. The second-order valence-electron chi connectivity index (χ2n) is 6.81. The van der Waals surface area contributed by atoms with Gasteiger partial charge in [0.1, 0.15) is 11.5 Å². The Hall–Kier alpha value is -3.25. The summed E-state index contributed by atoms with van der Waals surface area (Å²) in [5.74, 6) is 0.945. The molecule has 1 unspecified atom stereocenters. The number of hydrogen-bond donors (Lipinski definition) is 1. The summed E-state index contributed by atoms with van der Waals surface area (Å²) in [4.78, 5) is 14.2. The quantitative estimate of drug-likeness (QED) is 0.563.